The van der Waals surface area contributed by atoms with Crippen LogP contribution in [-0.4, -0.2) is 5.67 Å². The van der Waals surface area contributed by atoms with Gasteiger partial charge in [0.15, 0.2) is 5.67 Å². The standard InChI is InChI=1S/C19H28FN/c1-2-3-4-5-8-16-10-12-17(13-11-16)19(20)14-7-6-9-18(19)15-21/h6-7,9,14,16-18H,2-5,8,10-13H2,1H3/t16-,17-,18?,19?. The van der Waals surface area contributed by atoms with Crippen molar-refractivity contribution >= 4 is 0 Å². The van der Waals surface area contributed by atoms with E-state index in [0.717, 1.165) is 31.6 Å². The third-order valence-electron chi connectivity index (χ3n) is 5.32. The summed E-state index contributed by atoms with van der Waals surface area (Å²) in [6.07, 6.45) is 17.7. The van der Waals surface area contributed by atoms with Gasteiger partial charge in [-0.05, 0) is 30.8 Å². The summed E-state index contributed by atoms with van der Waals surface area (Å²) in [5.74, 6) is 0.203. The molecule has 2 heteroatoms. The first kappa shape index (κ1) is 16.3. The number of alkyl halides is 1. The fourth-order valence-electron chi connectivity index (χ4n) is 3.91. The SMILES string of the molecule is CCCCCC[C@H]1CC[C@H](C2(F)C=CC=CC2C#N)CC1. The van der Waals surface area contributed by atoms with Gasteiger partial charge in [-0.15, -0.1) is 0 Å². The van der Waals surface area contributed by atoms with Crippen LogP contribution in [0.5, 0.6) is 0 Å². The zero-order valence-electron chi connectivity index (χ0n) is 13.2. The third kappa shape index (κ3) is 3.96. The maximum absolute atomic E-state index is 15.2. The Balaban J connectivity index is 1.82. The molecule has 2 aliphatic rings. The van der Waals surface area contributed by atoms with E-state index < -0.39 is 11.6 Å². The Labute approximate surface area is 128 Å². The molecule has 0 saturated heterocycles. The van der Waals surface area contributed by atoms with E-state index in [0.29, 0.717) is 0 Å². The smallest absolute Gasteiger partial charge is 0.151 e. The summed E-state index contributed by atoms with van der Waals surface area (Å²) < 4.78 is 15.2. The Morgan fingerprint density at radius 3 is 2.57 bits per heavy atom. The second kappa shape index (κ2) is 7.78. The molecule has 2 aliphatic carbocycles. The molecule has 0 aromatic heterocycles. The maximum Gasteiger partial charge on any atom is 0.151 e. The largest absolute Gasteiger partial charge is 0.237 e. The fraction of sp³-hybridized carbons (Fsp3) is 0.737. The van der Waals surface area contributed by atoms with Crippen LogP contribution in [0.15, 0.2) is 24.3 Å². The normalized spacial score (nSPS) is 35.6. The topological polar surface area (TPSA) is 23.8 Å². The quantitative estimate of drug-likeness (QED) is 0.572. The Bertz CT molecular complexity index is 412. The Hall–Kier alpha value is -1.10. The molecule has 21 heavy (non-hydrogen) atoms. The van der Waals surface area contributed by atoms with Crippen molar-refractivity contribution < 1.29 is 4.39 Å². The first-order chi connectivity index (χ1) is 10.2. The van der Waals surface area contributed by atoms with Crippen LogP contribution in [0.25, 0.3) is 0 Å². The van der Waals surface area contributed by atoms with Gasteiger partial charge in [-0.3, -0.25) is 0 Å². The molecule has 116 valence electrons. The summed E-state index contributed by atoms with van der Waals surface area (Å²) in [4.78, 5) is 0. The molecule has 0 amide bonds. The first-order valence-corrected chi connectivity index (χ1v) is 8.65. The molecule has 0 radical (unpaired) electrons. The maximum atomic E-state index is 15.2. The zero-order chi connectivity index (χ0) is 15.1. The number of unbranched alkanes of at least 4 members (excludes halogenated alkanes) is 3. The van der Waals surface area contributed by atoms with E-state index in [9.17, 15) is 5.26 Å². The van der Waals surface area contributed by atoms with Crippen molar-refractivity contribution in [3.8, 4) is 6.07 Å². The number of nitrogens with zero attached hydrogens (tertiary/aromatic N) is 1. The van der Waals surface area contributed by atoms with Crippen LogP contribution in [0.2, 0.25) is 0 Å². The van der Waals surface area contributed by atoms with Gasteiger partial charge in [-0.2, -0.15) is 5.26 Å². The Morgan fingerprint density at radius 2 is 1.90 bits per heavy atom. The summed E-state index contributed by atoms with van der Waals surface area (Å²) in [5.41, 5.74) is -1.43. The van der Waals surface area contributed by atoms with Gasteiger partial charge >= 0.3 is 0 Å². The van der Waals surface area contributed by atoms with Crippen molar-refractivity contribution in [2.45, 2.75) is 70.4 Å². The Morgan fingerprint density at radius 1 is 1.14 bits per heavy atom. The summed E-state index contributed by atoms with van der Waals surface area (Å²) in [6.45, 7) is 2.24. The number of nitriles is 1. The number of hydrogen-bond acceptors (Lipinski definition) is 1. The van der Waals surface area contributed by atoms with E-state index in [4.69, 9.17) is 0 Å². The van der Waals surface area contributed by atoms with E-state index in [1.54, 1.807) is 24.3 Å². The van der Waals surface area contributed by atoms with Crippen molar-refractivity contribution in [3.63, 3.8) is 0 Å². The highest BCUT2D eigenvalue weighted by Crippen LogP contribution is 2.45. The number of hydrogen-bond donors (Lipinski definition) is 0. The number of halogens is 1. The average molecular weight is 289 g/mol. The molecule has 1 nitrogen and oxygen atoms in total. The van der Waals surface area contributed by atoms with Gasteiger partial charge in [0, 0.05) is 0 Å². The molecule has 2 rings (SSSR count). The minimum Gasteiger partial charge on any atom is -0.237 e. The molecule has 1 fully saturated rings. The van der Waals surface area contributed by atoms with Crippen LogP contribution in [0.1, 0.15) is 64.7 Å². The molecule has 0 spiro atoms. The summed E-state index contributed by atoms with van der Waals surface area (Å²) in [7, 11) is 0. The van der Waals surface area contributed by atoms with Crippen LogP contribution in [-0.2, 0) is 0 Å². The highest BCUT2D eigenvalue weighted by Gasteiger charge is 2.45. The van der Waals surface area contributed by atoms with Gasteiger partial charge in [0.1, 0.15) is 5.92 Å². The van der Waals surface area contributed by atoms with Crippen molar-refractivity contribution in [1.82, 2.24) is 0 Å². The fourth-order valence-corrected chi connectivity index (χ4v) is 3.91. The van der Waals surface area contributed by atoms with E-state index in [2.05, 4.69) is 13.0 Å². The van der Waals surface area contributed by atoms with Gasteiger partial charge in [-0.25, -0.2) is 4.39 Å². The van der Waals surface area contributed by atoms with Gasteiger partial charge < -0.3 is 0 Å². The molecule has 1 saturated carbocycles. The molecule has 2 unspecified atom stereocenters. The lowest BCUT2D eigenvalue weighted by Gasteiger charge is -2.39. The Kier molecular flexibility index (Phi) is 6.03. The van der Waals surface area contributed by atoms with E-state index in [1.165, 1.54) is 32.1 Å². The highest BCUT2D eigenvalue weighted by molar-refractivity contribution is 5.28. The lowest BCUT2D eigenvalue weighted by atomic mass is 9.68. The van der Waals surface area contributed by atoms with Crippen LogP contribution >= 0.6 is 0 Å². The highest BCUT2D eigenvalue weighted by atomic mass is 19.1. The number of allylic oxidation sites excluding steroid dienone is 4. The summed E-state index contributed by atoms with van der Waals surface area (Å²) in [6, 6.07) is 2.14. The predicted molar refractivity (Wildman–Crippen MR) is 85.4 cm³/mol. The van der Waals surface area contributed by atoms with Crippen molar-refractivity contribution in [2.24, 2.45) is 17.8 Å². The predicted octanol–water partition coefficient (Wildman–Crippen LogP) is 5.74. The van der Waals surface area contributed by atoms with Crippen LogP contribution in [0, 0.1) is 29.1 Å². The molecular weight excluding hydrogens is 261 g/mol. The second-order valence-corrected chi connectivity index (χ2v) is 6.75. The van der Waals surface area contributed by atoms with Crippen molar-refractivity contribution in [1.29, 1.82) is 5.26 Å². The monoisotopic (exact) mass is 289 g/mol. The minimum atomic E-state index is -1.43. The van der Waals surface area contributed by atoms with Crippen molar-refractivity contribution in [3.05, 3.63) is 24.3 Å². The zero-order valence-corrected chi connectivity index (χ0v) is 13.2. The first-order valence-electron chi connectivity index (χ1n) is 8.65. The molecular formula is C19H28FN. The van der Waals surface area contributed by atoms with Crippen LogP contribution in [0.4, 0.5) is 4.39 Å². The van der Waals surface area contributed by atoms with Gasteiger partial charge in [0.2, 0.25) is 0 Å². The third-order valence-corrected chi connectivity index (χ3v) is 5.32. The van der Waals surface area contributed by atoms with Crippen LogP contribution < -0.4 is 0 Å². The second-order valence-electron chi connectivity index (χ2n) is 6.75. The van der Waals surface area contributed by atoms with E-state index in [1.807, 2.05) is 0 Å². The van der Waals surface area contributed by atoms with Crippen LogP contribution in [0.3, 0.4) is 0 Å². The average Bonchev–Trinajstić information content (AvgIpc) is 2.52. The lowest BCUT2D eigenvalue weighted by molar-refractivity contribution is 0.0663. The molecule has 0 heterocycles. The van der Waals surface area contributed by atoms with Crippen molar-refractivity contribution in [2.75, 3.05) is 0 Å². The summed E-state index contributed by atoms with van der Waals surface area (Å²) in [5, 5.41) is 9.20. The molecule has 0 aliphatic heterocycles. The van der Waals surface area contributed by atoms with Gasteiger partial charge in [0.25, 0.3) is 0 Å². The molecule has 0 aromatic rings. The number of rotatable bonds is 6. The van der Waals surface area contributed by atoms with E-state index >= 15 is 4.39 Å². The molecule has 2 atom stereocenters. The minimum absolute atomic E-state index is 0.0234. The van der Waals surface area contributed by atoms with Gasteiger partial charge in [-0.1, -0.05) is 70.1 Å². The molecule has 0 bridgehead atoms. The molecule has 0 aromatic carbocycles. The van der Waals surface area contributed by atoms with Gasteiger partial charge in [0.05, 0.1) is 6.07 Å². The summed E-state index contributed by atoms with van der Waals surface area (Å²) >= 11 is 0. The van der Waals surface area contributed by atoms with E-state index in [-0.39, 0.29) is 5.92 Å². The lowest BCUT2D eigenvalue weighted by Crippen LogP contribution is -2.40. The molecule has 0 N–H and O–H groups in total.